The minimum atomic E-state index is 0.462. The molecule has 0 saturated carbocycles. The molecule has 7 heteroatoms. The van der Waals surface area contributed by atoms with Crippen LogP contribution in [0.2, 0.25) is 0 Å². The summed E-state index contributed by atoms with van der Waals surface area (Å²) in [5, 5.41) is 29.8. The lowest BCUT2D eigenvalue weighted by Gasteiger charge is -2.36. The molecule has 2 aliphatic rings. The maximum absolute atomic E-state index is 9.06. The Balaban J connectivity index is 1.39. The molecule has 0 spiro atoms. The zero-order valence-electron chi connectivity index (χ0n) is 19.1. The van der Waals surface area contributed by atoms with Crippen molar-refractivity contribution in [2.45, 2.75) is 19.8 Å². The van der Waals surface area contributed by atoms with E-state index in [2.05, 4.69) is 51.1 Å². The highest BCUT2D eigenvalue weighted by atomic mass is 15.3. The van der Waals surface area contributed by atoms with E-state index >= 15 is 0 Å². The van der Waals surface area contributed by atoms with Gasteiger partial charge in [-0.2, -0.15) is 15.6 Å². The molecule has 1 aliphatic heterocycles. The van der Waals surface area contributed by atoms with E-state index in [-0.39, 0.29) is 0 Å². The van der Waals surface area contributed by atoms with E-state index in [4.69, 9.17) is 15.6 Å². The predicted octanol–water partition coefficient (Wildman–Crippen LogP) is 2.13. The van der Waals surface area contributed by atoms with Crippen molar-refractivity contribution >= 4 is 23.8 Å². The summed E-state index contributed by atoms with van der Waals surface area (Å²) in [6.07, 6.45) is 7.94. The van der Waals surface area contributed by atoms with Crippen LogP contribution in [-0.2, 0) is 6.42 Å². The van der Waals surface area contributed by atoms with Crippen LogP contribution in [0, 0.1) is 28.6 Å². The Morgan fingerprint density at radius 3 is 2.26 bits per heavy atom. The van der Waals surface area contributed by atoms with E-state index in [1.165, 1.54) is 10.4 Å². The van der Waals surface area contributed by atoms with Gasteiger partial charge in [0.05, 0.1) is 22.9 Å². The summed E-state index contributed by atoms with van der Waals surface area (Å²) in [5.74, 6) is 2.32. The van der Waals surface area contributed by atoms with Gasteiger partial charge in [-0.3, -0.25) is 0 Å². The number of rotatable bonds is 4. The second kappa shape index (κ2) is 9.33. The predicted molar refractivity (Wildman–Crippen MR) is 131 cm³/mol. The highest BCUT2D eigenvalue weighted by Gasteiger charge is 2.22. The maximum Gasteiger partial charge on any atom is 0.158 e. The summed E-state index contributed by atoms with van der Waals surface area (Å²) >= 11 is 0. The first-order valence-electron chi connectivity index (χ1n) is 11.6. The number of hydrogen-bond donors (Lipinski definition) is 0. The second-order valence-corrected chi connectivity index (χ2v) is 8.86. The molecule has 1 aromatic carbocycles. The van der Waals surface area contributed by atoms with Gasteiger partial charge in [0.1, 0.15) is 11.9 Å². The molecule has 1 unspecified atom stereocenters. The van der Waals surface area contributed by atoms with Crippen molar-refractivity contribution in [1.29, 1.82) is 10.5 Å². The molecule has 1 fully saturated rings. The lowest BCUT2D eigenvalue weighted by Crippen LogP contribution is -2.50. The third-order valence-corrected chi connectivity index (χ3v) is 6.49. The van der Waals surface area contributed by atoms with Gasteiger partial charge in [-0.15, -0.1) is 5.10 Å². The normalized spacial score (nSPS) is 17.1. The summed E-state index contributed by atoms with van der Waals surface area (Å²) < 4.78 is 0. The zero-order valence-corrected chi connectivity index (χ0v) is 19.1. The summed E-state index contributed by atoms with van der Waals surface area (Å²) in [4.78, 5) is 9.00. The Morgan fingerprint density at radius 1 is 0.882 bits per heavy atom. The maximum atomic E-state index is 9.06. The number of fused-ring (bicyclic) bond motifs is 1. The fourth-order valence-corrected chi connectivity index (χ4v) is 4.58. The molecule has 3 aromatic rings. The molecule has 5 rings (SSSR count). The average Bonchev–Trinajstić information content (AvgIpc) is 2.89. The number of hydrogen-bond acceptors (Lipinski definition) is 7. The van der Waals surface area contributed by atoms with Crippen LogP contribution in [0.3, 0.4) is 0 Å². The lowest BCUT2D eigenvalue weighted by atomic mass is 9.96. The molecular formula is C27H25N7. The molecule has 1 atom stereocenters. The van der Waals surface area contributed by atoms with Gasteiger partial charge in [-0.1, -0.05) is 31.2 Å². The summed E-state index contributed by atoms with van der Waals surface area (Å²) in [6.45, 7) is 5.57. The van der Waals surface area contributed by atoms with Crippen molar-refractivity contribution in [3.63, 3.8) is 0 Å². The van der Waals surface area contributed by atoms with E-state index in [1.807, 2.05) is 36.4 Å². The first-order chi connectivity index (χ1) is 16.6. The standard InChI is InChI=1S/C27H25N7/c1-19-2-8-23-24(14-19)25(15-20-3-5-21(16-28)6-4-20)31-32-27(23)34-12-10-33(11-13-34)26-9-7-22(17-29)18-30-26/h3-9,14,18-19H,2,10-13,15H2,1H3. The Kier molecular flexibility index (Phi) is 5.93. The Labute approximate surface area is 198 Å². The minimum absolute atomic E-state index is 0.462. The van der Waals surface area contributed by atoms with Crippen molar-refractivity contribution < 1.29 is 0 Å². The number of nitriles is 2. The van der Waals surface area contributed by atoms with Crippen LogP contribution in [0.1, 0.15) is 35.7 Å². The summed E-state index contributed by atoms with van der Waals surface area (Å²) in [5.41, 5.74) is 3.34. The van der Waals surface area contributed by atoms with Crippen molar-refractivity contribution in [1.82, 2.24) is 15.2 Å². The quantitative estimate of drug-likeness (QED) is 0.605. The molecule has 0 N–H and O–H groups in total. The van der Waals surface area contributed by atoms with Gasteiger partial charge in [-0.05, 0) is 42.2 Å². The molecule has 168 valence electrons. The van der Waals surface area contributed by atoms with Crippen LogP contribution >= 0.6 is 0 Å². The van der Waals surface area contributed by atoms with Crippen LogP contribution in [0.5, 0.6) is 0 Å². The monoisotopic (exact) mass is 447 g/mol. The number of aromatic nitrogens is 3. The molecule has 0 bridgehead atoms. The van der Waals surface area contributed by atoms with Crippen LogP contribution in [0.25, 0.3) is 12.2 Å². The second-order valence-electron chi connectivity index (χ2n) is 8.86. The summed E-state index contributed by atoms with van der Waals surface area (Å²) in [7, 11) is 0. The van der Waals surface area contributed by atoms with Crippen molar-refractivity contribution in [2.24, 2.45) is 5.92 Å². The highest BCUT2D eigenvalue weighted by molar-refractivity contribution is 5.53. The Morgan fingerprint density at radius 2 is 1.59 bits per heavy atom. The highest BCUT2D eigenvalue weighted by Crippen LogP contribution is 2.17. The third kappa shape index (κ3) is 4.33. The van der Waals surface area contributed by atoms with Gasteiger partial charge in [-0.25, -0.2) is 4.98 Å². The minimum Gasteiger partial charge on any atom is -0.353 e. The van der Waals surface area contributed by atoms with Crippen molar-refractivity contribution in [2.75, 3.05) is 36.0 Å². The third-order valence-electron chi connectivity index (χ3n) is 6.49. The molecule has 3 heterocycles. The number of pyridine rings is 1. The SMILES string of the molecule is CC1C=c2c(Cc3ccc(C#N)cc3)nnc(N3CCN(c4ccc(C#N)cn4)CC3)c2=CC1. The number of anilines is 2. The molecule has 34 heavy (non-hydrogen) atoms. The van der Waals surface area contributed by atoms with Crippen LogP contribution in [0.4, 0.5) is 11.6 Å². The molecule has 0 amide bonds. The fourth-order valence-electron chi connectivity index (χ4n) is 4.58. The zero-order chi connectivity index (χ0) is 23.5. The van der Waals surface area contributed by atoms with Gasteiger partial charge in [0.25, 0.3) is 0 Å². The largest absolute Gasteiger partial charge is 0.353 e. The number of benzene rings is 1. The van der Waals surface area contributed by atoms with E-state index in [0.717, 1.165) is 55.5 Å². The molecular weight excluding hydrogens is 422 g/mol. The van der Waals surface area contributed by atoms with Crippen LogP contribution < -0.4 is 20.2 Å². The van der Waals surface area contributed by atoms with Crippen molar-refractivity contribution in [3.8, 4) is 12.1 Å². The van der Waals surface area contributed by atoms with E-state index in [9.17, 15) is 0 Å². The van der Waals surface area contributed by atoms with Gasteiger partial charge in [0.15, 0.2) is 5.82 Å². The summed E-state index contributed by atoms with van der Waals surface area (Å²) in [6, 6.07) is 15.7. The van der Waals surface area contributed by atoms with Crippen molar-refractivity contribution in [3.05, 3.63) is 75.4 Å². The van der Waals surface area contributed by atoms with Gasteiger partial charge in [0.2, 0.25) is 0 Å². The van der Waals surface area contributed by atoms with Gasteiger partial charge >= 0.3 is 0 Å². The van der Waals surface area contributed by atoms with Gasteiger partial charge < -0.3 is 9.80 Å². The van der Waals surface area contributed by atoms with E-state index in [1.54, 1.807) is 6.20 Å². The molecule has 1 aliphatic carbocycles. The van der Waals surface area contributed by atoms with E-state index in [0.29, 0.717) is 23.5 Å². The lowest BCUT2D eigenvalue weighted by molar-refractivity contribution is 0.634. The first kappa shape index (κ1) is 21.6. The number of nitrogens with zero attached hydrogens (tertiary/aromatic N) is 7. The smallest absolute Gasteiger partial charge is 0.158 e. The fraction of sp³-hybridized carbons (Fsp3) is 0.296. The molecule has 0 radical (unpaired) electrons. The average molecular weight is 448 g/mol. The topological polar surface area (TPSA) is 92.7 Å². The number of piperazine rings is 1. The molecule has 7 nitrogen and oxygen atoms in total. The Hall–Kier alpha value is -4.23. The first-order valence-corrected chi connectivity index (χ1v) is 11.6. The molecule has 2 aromatic heterocycles. The van der Waals surface area contributed by atoms with Crippen LogP contribution in [-0.4, -0.2) is 41.4 Å². The molecule has 1 saturated heterocycles. The van der Waals surface area contributed by atoms with E-state index < -0.39 is 0 Å². The Bertz CT molecular complexity index is 1390. The van der Waals surface area contributed by atoms with Gasteiger partial charge in [0, 0.05) is 49.2 Å². The van der Waals surface area contributed by atoms with Crippen LogP contribution in [0.15, 0.2) is 42.6 Å².